The van der Waals surface area contributed by atoms with Crippen LogP contribution in [0.1, 0.15) is 11.3 Å². The number of hydrogen-bond donors (Lipinski definition) is 0. The smallest absolute Gasteiger partial charge is 0.0957 e. The Bertz CT molecular complexity index is 433. The third kappa shape index (κ3) is 1.17. The molecule has 0 aliphatic heterocycles. The molecule has 2 rings (SSSR count). The van der Waals surface area contributed by atoms with E-state index < -0.39 is 0 Å². The third-order valence-electron chi connectivity index (χ3n) is 1.79. The van der Waals surface area contributed by atoms with Crippen molar-refractivity contribution in [3.8, 4) is 0 Å². The van der Waals surface area contributed by atoms with E-state index in [4.69, 9.17) is 0 Å². The van der Waals surface area contributed by atoms with Crippen molar-refractivity contribution in [1.82, 2.24) is 4.98 Å². The molecule has 0 saturated heterocycles. The van der Waals surface area contributed by atoms with Gasteiger partial charge in [0.2, 0.25) is 0 Å². The van der Waals surface area contributed by atoms with Crippen molar-refractivity contribution in [3.05, 3.63) is 27.2 Å². The molecule has 3 heteroatoms. The second-order valence-corrected chi connectivity index (χ2v) is 4.58. The minimum absolute atomic E-state index is 1.08. The van der Waals surface area contributed by atoms with Crippen LogP contribution in [0.15, 0.2) is 15.9 Å². The van der Waals surface area contributed by atoms with Crippen molar-refractivity contribution < 1.29 is 0 Å². The van der Waals surface area contributed by atoms with Crippen molar-refractivity contribution >= 4 is 37.5 Å². The van der Waals surface area contributed by atoms with Gasteiger partial charge in [0.1, 0.15) is 0 Å². The maximum Gasteiger partial charge on any atom is 0.0957 e. The van der Waals surface area contributed by atoms with E-state index in [1.807, 2.05) is 6.92 Å². The Morgan fingerprint density at radius 1 is 1.42 bits per heavy atom. The van der Waals surface area contributed by atoms with Crippen LogP contribution in [0, 0.1) is 13.8 Å². The lowest BCUT2D eigenvalue weighted by molar-refractivity contribution is 1.24. The Hall–Kier alpha value is -0.410. The summed E-state index contributed by atoms with van der Waals surface area (Å²) >= 11 is 5.22. The molecular formula is C9H8BrNS. The molecule has 1 nitrogen and oxygen atoms in total. The molecule has 0 spiro atoms. The van der Waals surface area contributed by atoms with Crippen molar-refractivity contribution in [3.63, 3.8) is 0 Å². The Labute approximate surface area is 83.6 Å². The molecular weight excluding hydrogens is 234 g/mol. The highest BCUT2D eigenvalue weighted by atomic mass is 79.9. The van der Waals surface area contributed by atoms with Gasteiger partial charge in [-0.15, -0.1) is 11.3 Å². The SMILES string of the molecule is Cc1cc(C)c2scc(Br)c2n1. The number of aromatic nitrogens is 1. The zero-order chi connectivity index (χ0) is 8.72. The molecule has 0 N–H and O–H groups in total. The summed E-state index contributed by atoms with van der Waals surface area (Å²) < 4.78 is 2.39. The van der Waals surface area contributed by atoms with Crippen LogP contribution in [-0.4, -0.2) is 4.98 Å². The molecule has 2 aromatic rings. The molecule has 0 bridgehead atoms. The minimum atomic E-state index is 1.08. The van der Waals surface area contributed by atoms with Gasteiger partial charge in [-0.05, 0) is 41.4 Å². The molecule has 0 fully saturated rings. The van der Waals surface area contributed by atoms with Crippen LogP contribution in [0.4, 0.5) is 0 Å². The number of hydrogen-bond acceptors (Lipinski definition) is 2. The second kappa shape index (κ2) is 2.82. The van der Waals surface area contributed by atoms with E-state index in [0.717, 1.165) is 15.7 Å². The number of thiophene rings is 1. The Balaban J connectivity index is 2.92. The molecule has 0 aromatic carbocycles. The van der Waals surface area contributed by atoms with Crippen LogP contribution in [0.3, 0.4) is 0 Å². The van der Waals surface area contributed by atoms with Crippen LogP contribution < -0.4 is 0 Å². The van der Waals surface area contributed by atoms with Gasteiger partial charge in [-0.1, -0.05) is 0 Å². The van der Waals surface area contributed by atoms with Gasteiger partial charge in [-0.3, -0.25) is 4.98 Å². The number of aryl methyl sites for hydroxylation is 2. The fraction of sp³-hybridized carbons (Fsp3) is 0.222. The molecule has 0 saturated carbocycles. The third-order valence-corrected chi connectivity index (χ3v) is 3.81. The highest BCUT2D eigenvalue weighted by molar-refractivity contribution is 9.10. The second-order valence-electron chi connectivity index (χ2n) is 2.84. The lowest BCUT2D eigenvalue weighted by Gasteiger charge is -1.97. The van der Waals surface area contributed by atoms with E-state index in [-0.39, 0.29) is 0 Å². The predicted molar refractivity (Wildman–Crippen MR) is 56.8 cm³/mol. The highest BCUT2D eigenvalue weighted by Crippen LogP contribution is 2.31. The van der Waals surface area contributed by atoms with Gasteiger partial charge in [-0.25, -0.2) is 0 Å². The van der Waals surface area contributed by atoms with E-state index in [9.17, 15) is 0 Å². The maximum absolute atomic E-state index is 4.46. The van der Waals surface area contributed by atoms with Crippen molar-refractivity contribution in [2.24, 2.45) is 0 Å². The van der Waals surface area contributed by atoms with Crippen molar-refractivity contribution in [1.29, 1.82) is 0 Å². The molecule has 0 radical (unpaired) electrons. The molecule has 2 heterocycles. The van der Waals surface area contributed by atoms with Gasteiger partial charge in [0.15, 0.2) is 0 Å². The molecule has 2 aromatic heterocycles. The van der Waals surface area contributed by atoms with Gasteiger partial charge in [0.05, 0.1) is 14.7 Å². The summed E-state index contributed by atoms with van der Waals surface area (Å²) in [6, 6.07) is 2.12. The molecule has 0 aliphatic carbocycles. The fourth-order valence-corrected chi connectivity index (χ4v) is 2.85. The number of halogens is 1. The first-order chi connectivity index (χ1) is 5.68. The fourth-order valence-electron chi connectivity index (χ4n) is 1.30. The molecule has 0 amide bonds. The predicted octanol–water partition coefficient (Wildman–Crippen LogP) is 3.68. The largest absolute Gasteiger partial charge is 0.251 e. The summed E-state index contributed by atoms with van der Waals surface area (Å²) in [6.07, 6.45) is 0. The van der Waals surface area contributed by atoms with E-state index >= 15 is 0 Å². The first kappa shape index (κ1) is 8.20. The Morgan fingerprint density at radius 2 is 2.17 bits per heavy atom. The van der Waals surface area contributed by atoms with Crippen LogP contribution in [0.2, 0.25) is 0 Å². The average molecular weight is 242 g/mol. The summed E-state index contributed by atoms with van der Waals surface area (Å²) in [5.74, 6) is 0. The standard InChI is InChI=1S/C9H8BrNS/c1-5-3-6(2)11-8-7(10)4-12-9(5)8/h3-4H,1-2H3. The summed E-state index contributed by atoms with van der Waals surface area (Å²) in [4.78, 5) is 4.46. The summed E-state index contributed by atoms with van der Waals surface area (Å²) in [6.45, 7) is 4.15. The van der Waals surface area contributed by atoms with Crippen LogP contribution >= 0.6 is 27.3 Å². The molecule has 62 valence electrons. The van der Waals surface area contributed by atoms with E-state index in [1.54, 1.807) is 11.3 Å². The zero-order valence-corrected chi connectivity index (χ0v) is 9.29. The highest BCUT2D eigenvalue weighted by Gasteiger charge is 2.05. The number of nitrogens with zero attached hydrogens (tertiary/aromatic N) is 1. The lowest BCUT2D eigenvalue weighted by Crippen LogP contribution is -1.83. The van der Waals surface area contributed by atoms with Gasteiger partial charge in [-0.2, -0.15) is 0 Å². The van der Waals surface area contributed by atoms with Crippen LogP contribution in [0.5, 0.6) is 0 Å². The Morgan fingerprint density at radius 3 is 2.92 bits per heavy atom. The molecule has 12 heavy (non-hydrogen) atoms. The number of fused-ring (bicyclic) bond motifs is 1. The van der Waals surface area contributed by atoms with E-state index in [2.05, 4.69) is 39.3 Å². The van der Waals surface area contributed by atoms with Gasteiger partial charge in [0.25, 0.3) is 0 Å². The van der Waals surface area contributed by atoms with Crippen LogP contribution in [-0.2, 0) is 0 Å². The molecule has 0 unspecified atom stereocenters. The van der Waals surface area contributed by atoms with E-state index in [1.165, 1.54) is 10.3 Å². The number of rotatable bonds is 0. The Kier molecular flexibility index (Phi) is 1.93. The topological polar surface area (TPSA) is 12.9 Å². The van der Waals surface area contributed by atoms with Gasteiger partial charge >= 0.3 is 0 Å². The minimum Gasteiger partial charge on any atom is -0.251 e. The van der Waals surface area contributed by atoms with Crippen molar-refractivity contribution in [2.45, 2.75) is 13.8 Å². The quantitative estimate of drug-likeness (QED) is 0.686. The first-order valence-electron chi connectivity index (χ1n) is 3.69. The molecule has 0 atom stereocenters. The lowest BCUT2D eigenvalue weighted by atomic mass is 10.2. The maximum atomic E-state index is 4.46. The number of pyridine rings is 1. The van der Waals surface area contributed by atoms with Gasteiger partial charge in [0, 0.05) is 11.1 Å². The first-order valence-corrected chi connectivity index (χ1v) is 5.36. The van der Waals surface area contributed by atoms with Crippen molar-refractivity contribution in [2.75, 3.05) is 0 Å². The normalized spacial score (nSPS) is 10.9. The van der Waals surface area contributed by atoms with Crippen LogP contribution in [0.25, 0.3) is 10.2 Å². The summed E-state index contributed by atoms with van der Waals surface area (Å²) in [5, 5.41) is 2.09. The van der Waals surface area contributed by atoms with Gasteiger partial charge < -0.3 is 0 Å². The summed E-state index contributed by atoms with van der Waals surface area (Å²) in [5.41, 5.74) is 3.49. The zero-order valence-electron chi connectivity index (χ0n) is 6.89. The van der Waals surface area contributed by atoms with E-state index in [0.29, 0.717) is 0 Å². The monoisotopic (exact) mass is 241 g/mol. The summed E-state index contributed by atoms with van der Waals surface area (Å²) in [7, 11) is 0. The molecule has 0 aliphatic rings. The average Bonchev–Trinajstić information content (AvgIpc) is 2.33.